The van der Waals surface area contributed by atoms with Gasteiger partial charge in [0, 0.05) is 23.4 Å². The molecule has 0 aliphatic carbocycles. The highest BCUT2D eigenvalue weighted by atomic mass is 32.2. The minimum atomic E-state index is -3.98. The van der Waals surface area contributed by atoms with Crippen molar-refractivity contribution in [1.29, 1.82) is 0 Å². The molecule has 2 N–H and O–H groups in total. The maximum atomic E-state index is 13.1. The number of nitrogens with zero attached hydrogens (tertiary/aromatic N) is 1. The van der Waals surface area contributed by atoms with Crippen LogP contribution in [0.3, 0.4) is 0 Å². The summed E-state index contributed by atoms with van der Waals surface area (Å²) in [5.74, 6) is -0.415. The number of methoxy groups -OCH3 is 1. The fraction of sp³-hybridized carbons (Fsp3) is 0.174. The molecule has 0 atom stereocenters. The molecular formula is C23H23N3O6S. The Morgan fingerprint density at radius 1 is 0.970 bits per heavy atom. The van der Waals surface area contributed by atoms with Crippen LogP contribution in [0.4, 0.5) is 17.1 Å². The van der Waals surface area contributed by atoms with Gasteiger partial charge in [-0.2, -0.15) is 0 Å². The zero-order chi connectivity index (χ0) is 24.3. The second-order valence-corrected chi connectivity index (χ2v) is 9.21. The van der Waals surface area contributed by atoms with Crippen molar-refractivity contribution in [3.05, 3.63) is 87.0 Å². The lowest BCUT2D eigenvalue weighted by molar-refractivity contribution is -0.384. The van der Waals surface area contributed by atoms with E-state index in [0.717, 1.165) is 11.1 Å². The first kappa shape index (κ1) is 23.7. The molecule has 172 valence electrons. The number of carbonyl (C=O) groups is 1. The summed E-state index contributed by atoms with van der Waals surface area (Å²) in [6.07, 6.45) is 0. The van der Waals surface area contributed by atoms with Crippen LogP contribution >= 0.6 is 0 Å². The van der Waals surface area contributed by atoms with Crippen molar-refractivity contribution in [2.45, 2.75) is 25.7 Å². The molecular weight excluding hydrogens is 446 g/mol. The van der Waals surface area contributed by atoms with Gasteiger partial charge in [-0.25, -0.2) is 8.42 Å². The van der Waals surface area contributed by atoms with E-state index in [-0.39, 0.29) is 27.6 Å². The topological polar surface area (TPSA) is 128 Å². The Labute approximate surface area is 191 Å². The van der Waals surface area contributed by atoms with Crippen LogP contribution in [-0.2, 0) is 10.0 Å². The molecule has 0 spiro atoms. The molecule has 3 aromatic carbocycles. The standard InChI is InChI=1S/C23H23N3O6S/c1-14-9-15(2)11-18(10-14)25-33(30,31)22-12-17(6-5-16(22)3)23(27)24-20-13-19(26(28)29)7-8-21(20)32-4/h5-13,25H,1-4H3,(H,24,27). The Balaban J connectivity index is 1.93. The number of aryl methyl sites for hydroxylation is 3. The predicted molar refractivity (Wildman–Crippen MR) is 126 cm³/mol. The van der Waals surface area contributed by atoms with Crippen molar-refractivity contribution in [3.8, 4) is 5.75 Å². The van der Waals surface area contributed by atoms with E-state index < -0.39 is 20.9 Å². The molecule has 33 heavy (non-hydrogen) atoms. The second-order valence-electron chi connectivity index (χ2n) is 7.56. The molecule has 9 nitrogen and oxygen atoms in total. The average molecular weight is 470 g/mol. The molecule has 0 aromatic heterocycles. The van der Waals surface area contributed by atoms with Crippen molar-refractivity contribution < 1.29 is 22.9 Å². The van der Waals surface area contributed by atoms with Gasteiger partial charge < -0.3 is 10.1 Å². The molecule has 0 unspecified atom stereocenters. The monoisotopic (exact) mass is 469 g/mol. The summed E-state index contributed by atoms with van der Waals surface area (Å²) in [4.78, 5) is 23.3. The summed E-state index contributed by atoms with van der Waals surface area (Å²) < 4.78 is 33.8. The maximum absolute atomic E-state index is 13.1. The summed E-state index contributed by atoms with van der Waals surface area (Å²) in [5, 5.41) is 13.6. The van der Waals surface area contributed by atoms with Gasteiger partial charge in [-0.15, -0.1) is 0 Å². The van der Waals surface area contributed by atoms with Gasteiger partial charge >= 0.3 is 0 Å². The lowest BCUT2D eigenvalue weighted by Gasteiger charge is -2.14. The van der Waals surface area contributed by atoms with Crippen molar-refractivity contribution in [3.63, 3.8) is 0 Å². The number of nitro groups is 1. The minimum absolute atomic E-state index is 0.0553. The Morgan fingerprint density at radius 2 is 1.64 bits per heavy atom. The number of nitrogens with one attached hydrogen (secondary N) is 2. The largest absolute Gasteiger partial charge is 0.495 e. The molecule has 1 amide bonds. The van der Waals surface area contributed by atoms with Crippen LogP contribution in [0, 0.1) is 30.9 Å². The summed E-state index contributed by atoms with van der Waals surface area (Å²) >= 11 is 0. The third kappa shape index (κ3) is 5.47. The van der Waals surface area contributed by atoms with E-state index in [1.807, 2.05) is 19.9 Å². The maximum Gasteiger partial charge on any atom is 0.271 e. The molecule has 0 fully saturated rings. The predicted octanol–water partition coefficient (Wildman–Crippen LogP) is 4.58. The molecule has 0 bridgehead atoms. The van der Waals surface area contributed by atoms with Gasteiger partial charge in [-0.3, -0.25) is 19.6 Å². The van der Waals surface area contributed by atoms with Crippen LogP contribution in [0.1, 0.15) is 27.0 Å². The Hall–Kier alpha value is -3.92. The number of hydrogen-bond acceptors (Lipinski definition) is 6. The van der Waals surface area contributed by atoms with E-state index in [1.54, 1.807) is 19.1 Å². The summed E-state index contributed by atoms with van der Waals surface area (Å²) in [5.41, 5.74) is 2.62. The van der Waals surface area contributed by atoms with Gasteiger partial charge in [0.05, 0.1) is 22.6 Å². The van der Waals surface area contributed by atoms with Crippen LogP contribution in [0.15, 0.2) is 59.5 Å². The molecule has 0 saturated carbocycles. The number of non-ortho nitro benzene ring substituents is 1. The van der Waals surface area contributed by atoms with Gasteiger partial charge in [-0.05, 0) is 67.8 Å². The molecule has 0 aliphatic heterocycles. The molecule has 0 saturated heterocycles. The van der Waals surface area contributed by atoms with E-state index in [9.17, 15) is 23.3 Å². The third-order valence-corrected chi connectivity index (χ3v) is 6.38. The number of sulfonamides is 1. The Kier molecular flexibility index (Phi) is 6.68. The molecule has 0 radical (unpaired) electrons. The highest BCUT2D eigenvalue weighted by molar-refractivity contribution is 7.92. The quantitative estimate of drug-likeness (QED) is 0.385. The first-order valence-corrected chi connectivity index (χ1v) is 11.3. The van der Waals surface area contributed by atoms with E-state index in [1.165, 1.54) is 43.5 Å². The van der Waals surface area contributed by atoms with Crippen molar-refractivity contribution in [1.82, 2.24) is 0 Å². The number of benzene rings is 3. The average Bonchev–Trinajstić information content (AvgIpc) is 2.72. The number of rotatable bonds is 7. The zero-order valence-corrected chi connectivity index (χ0v) is 19.3. The number of anilines is 2. The summed E-state index contributed by atoms with van der Waals surface area (Å²) in [6, 6.07) is 13.4. The van der Waals surface area contributed by atoms with Crippen LogP contribution < -0.4 is 14.8 Å². The molecule has 10 heteroatoms. The Bertz CT molecular complexity index is 1330. The fourth-order valence-corrected chi connectivity index (χ4v) is 4.69. The van der Waals surface area contributed by atoms with Crippen LogP contribution in [0.2, 0.25) is 0 Å². The minimum Gasteiger partial charge on any atom is -0.495 e. The fourth-order valence-electron chi connectivity index (χ4n) is 3.38. The first-order valence-electron chi connectivity index (χ1n) is 9.85. The molecule has 3 aromatic rings. The van der Waals surface area contributed by atoms with E-state index in [0.29, 0.717) is 11.3 Å². The lowest BCUT2D eigenvalue weighted by Crippen LogP contribution is -2.17. The van der Waals surface area contributed by atoms with Crippen LogP contribution in [-0.4, -0.2) is 26.4 Å². The summed E-state index contributed by atoms with van der Waals surface area (Å²) in [6.45, 7) is 5.35. The third-order valence-electron chi connectivity index (χ3n) is 4.86. The highest BCUT2D eigenvalue weighted by Gasteiger charge is 2.21. The number of nitro benzene ring substituents is 1. The lowest BCUT2D eigenvalue weighted by atomic mass is 10.1. The molecule has 3 rings (SSSR count). The summed E-state index contributed by atoms with van der Waals surface area (Å²) in [7, 11) is -2.61. The van der Waals surface area contributed by atoms with Gasteiger partial charge in [0.25, 0.3) is 21.6 Å². The van der Waals surface area contributed by atoms with Gasteiger partial charge in [-0.1, -0.05) is 12.1 Å². The second kappa shape index (κ2) is 9.29. The number of ether oxygens (including phenoxy) is 1. The van der Waals surface area contributed by atoms with Crippen molar-refractivity contribution >= 4 is 33.0 Å². The van der Waals surface area contributed by atoms with Crippen molar-refractivity contribution in [2.24, 2.45) is 0 Å². The number of carbonyl (C=O) groups excluding carboxylic acids is 1. The van der Waals surface area contributed by atoms with Gasteiger partial charge in [0.1, 0.15) is 5.75 Å². The first-order chi connectivity index (χ1) is 15.5. The van der Waals surface area contributed by atoms with E-state index in [2.05, 4.69) is 10.0 Å². The van der Waals surface area contributed by atoms with Crippen LogP contribution in [0.5, 0.6) is 5.75 Å². The number of amides is 1. The zero-order valence-electron chi connectivity index (χ0n) is 18.5. The van der Waals surface area contributed by atoms with Crippen LogP contribution in [0.25, 0.3) is 0 Å². The van der Waals surface area contributed by atoms with Crippen molar-refractivity contribution in [2.75, 3.05) is 17.1 Å². The van der Waals surface area contributed by atoms with E-state index in [4.69, 9.17) is 4.74 Å². The normalized spacial score (nSPS) is 11.0. The van der Waals surface area contributed by atoms with Gasteiger partial charge in [0.15, 0.2) is 0 Å². The number of hydrogen-bond donors (Lipinski definition) is 2. The smallest absolute Gasteiger partial charge is 0.271 e. The molecule has 0 aliphatic rings. The molecule has 0 heterocycles. The van der Waals surface area contributed by atoms with Gasteiger partial charge in [0.2, 0.25) is 0 Å². The van der Waals surface area contributed by atoms with E-state index >= 15 is 0 Å². The SMILES string of the molecule is COc1ccc([N+](=O)[O-])cc1NC(=O)c1ccc(C)c(S(=O)(=O)Nc2cc(C)cc(C)c2)c1. The highest BCUT2D eigenvalue weighted by Crippen LogP contribution is 2.30. The Morgan fingerprint density at radius 3 is 2.24 bits per heavy atom.